The minimum absolute atomic E-state index is 0.0211. The second kappa shape index (κ2) is 5.62. The zero-order chi connectivity index (χ0) is 15.9. The molecule has 0 aromatic carbocycles. The summed E-state index contributed by atoms with van der Waals surface area (Å²) >= 11 is 0. The lowest BCUT2D eigenvalue weighted by molar-refractivity contribution is -0.0135. The highest BCUT2D eigenvalue weighted by Crippen LogP contribution is 2.55. The van der Waals surface area contributed by atoms with Gasteiger partial charge in [0.15, 0.2) is 0 Å². The van der Waals surface area contributed by atoms with Crippen molar-refractivity contribution >= 4 is 11.7 Å². The fraction of sp³-hybridized carbons (Fsp3) is 0.611. The number of carbonyl (C=O) groups excluding carboxylic acids is 1. The summed E-state index contributed by atoms with van der Waals surface area (Å²) in [6, 6.07) is 5.49. The molecule has 2 amide bonds. The van der Waals surface area contributed by atoms with E-state index in [1.54, 1.807) is 6.20 Å². The highest BCUT2D eigenvalue weighted by Gasteiger charge is 2.51. The van der Waals surface area contributed by atoms with Crippen LogP contribution in [0.4, 0.5) is 4.79 Å². The van der Waals surface area contributed by atoms with Gasteiger partial charge in [-0.3, -0.25) is 4.98 Å². The molecule has 0 aliphatic heterocycles. The van der Waals surface area contributed by atoms with Gasteiger partial charge < -0.3 is 5.32 Å². The maximum Gasteiger partial charge on any atom is 0.335 e. The first-order chi connectivity index (χ1) is 11.1. The largest absolute Gasteiger partial charge is 0.335 e. The maximum absolute atomic E-state index is 12.3. The topological polar surface area (TPSA) is 66.4 Å². The van der Waals surface area contributed by atoms with Crippen molar-refractivity contribution in [1.82, 2.24) is 15.7 Å². The lowest BCUT2D eigenvalue weighted by atomic mass is 9.53. The van der Waals surface area contributed by atoms with Gasteiger partial charge in [-0.25, -0.2) is 10.2 Å². The average molecular weight is 312 g/mol. The maximum atomic E-state index is 12.3. The van der Waals surface area contributed by atoms with Gasteiger partial charge in [0, 0.05) is 11.7 Å². The first-order valence-corrected chi connectivity index (χ1v) is 8.66. The van der Waals surface area contributed by atoms with E-state index in [1.165, 1.54) is 19.3 Å². The summed E-state index contributed by atoms with van der Waals surface area (Å²) in [5, 5.41) is 7.44. The molecule has 1 heterocycles. The molecule has 4 bridgehead atoms. The van der Waals surface area contributed by atoms with E-state index in [0.717, 1.165) is 42.7 Å². The van der Waals surface area contributed by atoms with E-state index in [0.29, 0.717) is 5.71 Å². The number of aromatic nitrogens is 1. The standard InChI is InChI=1S/C18H24N4O/c1-12(16-4-2-3-5-19-16)21-22-17(23)20-18-9-13-6-14(10-18)8-15(7-13)11-18/h2-5,13-15H,6-11H2,1H3,(H2,20,22,23)/b21-12+. The van der Waals surface area contributed by atoms with Crippen molar-refractivity contribution in [3.63, 3.8) is 0 Å². The number of hydrogen-bond donors (Lipinski definition) is 2. The number of amides is 2. The fourth-order valence-electron chi connectivity index (χ4n) is 5.30. The van der Waals surface area contributed by atoms with Crippen LogP contribution in [-0.2, 0) is 0 Å². The lowest BCUT2D eigenvalue weighted by Crippen LogP contribution is -2.61. The van der Waals surface area contributed by atoms with Crippen molar-refractivity contribution in [2.45, 2.75) is 51.0 Å². The summed E-state index contributed by atoms with van der Waals surface area (Å²) in [7, 11) is 0. The molecule has 1 aromatic rings. The van der Waals surface area contributed by atoms with E-state index in [1.807, 2.05) is 25.1 Å². The fourth-order valence-corrected chi connectivity index (χ4v) is 5.30. The monoisotopic (exact) mass is 312 g/mol. The molecule has 4 aliphatic rings. The molecule has 5 nitrogen and oxygen atoms in total. The normalized spacial score (nSPS) is 35.2. The van der Waals surface area contributed by atoms with Crippen LogP contribution in [0.25, 0.3) is 0 Å². The Balaban J connectivity index is 1.39. The molecule has 2 N–H and O–H groups in total. The molecule has 5 rings (SSSR count). The van der Waals surface area contributed by atoms with E-state index >= 15 is 0 Å². The number of hydrazone groups is 1. The molecular weight excluding hydrogens is 288 g/mol. The first kappa shape index (κ1) is 14.7. The van der Waals surface area contributed by atoms with E-state index < -0.39 is 0 Å². The van der Waals surface area contributed by atoms with Crippen molar-refractivity contribution < 1.29 is 4.79 Å². The number of rotatable bonds is 3. The molecule has 122 valence electrons. The number of pyridine rings is 1. The molecule has 4 fully saturated rings. The molecule has 23 heavy (non-hydrogen) atoms. The van der Waals surface area contributed by atoms with Crippen molar-refractivity contribution in [1.29, 1.82) is 0 Å². The Labute approximate surface area is 137 Å². The van der Waals surface area contributed by atoms with Gasteiger partial charge in [0.25, 0.3) is 0 Å². The Morgan fingerprint density at radius 2 is 1.83 bits per heavy atom. The Morgan fingerprint density at radius 1 is 1.17 bits per heavy atom. The third-order valence-electron chi connectivity index (χ3n) is 5.78. The van der Waals surface area contributed by atoms with Gasteiger partial charge in [-0.05, 0) is 75.3 Å². The quantitative estimate of drug-likeness (QED) is 0.665. The minimum Gasteiger partial charge on any atom is -0.331 e. The van der Waals surface area contributed by atoms with Gasteiger partial charge in [0.2, 0.25) is 0 Å². The van der Waals surface area contributed by atoms with E-state index in [-0.39, 0.29) is 11.6 Å². The van der Waals surface area contributed by atoms with Crippen LogP contribution in [0, 0.1) is 17.8 Å². The summed E-state index contributed by atoms with van der Waals surface area (Å²) in [6.07, 6.45) is 9.29. The molecule has 0 spiro atoms. The predicted molar refractivity (Wildman–Crippen MR) is 89.0 cm³/mol. The smallest absolute Gasteiger partial charge is 0.331 e. The number of carbonyl (C=O) groups is 1. The van der Waals surface area contributed by atoms with Crippen LogP contribution >= 0.6 is 0 Å². The van der Waals surface area contributed by atoms with E-state index in [4.69, 9.17) is 0 Å². The van der Waals surface area contributed by atoms with Crippen LogP contribution in [0.15, 0.2) is 29.5 Å². The van der Waals surface area contributed by atoms with Crippen molar-refractivity contribution in [3.05, 3.63) is 30.1 Å². The van der Waals surface area contributed by atoms with Gasteiger partial charge in [-0.1, -0.05) is 6.07 Å². The Hall–Kier alpha value is -1.91. The SMILES string of the molecule is C/C(=N\NC(=O)NC12CC3CC(CC(C3)C1)C2)c1ccccn1. The number of hydrogen-bond acceptors (Lipinski definition) is 3. The molecule has 0 atom stereocenters. The zero-order valence-corrected chi connectivity index (χ0v) is 13.6. The van der Waals surface area contributed by atoms with Crippen LogP contribution in [-0.4, -0.2) is 22.3 Å². The number of nitrogens with zero attached hydrogens (tertiary/aromatic N) is 2. The third kappa shape index (κ3) is 2.96. The summed E-state index contributed by atoms with van der Waals surface area (Å²) < 4.78 is 0. The highest BCUT2D eigenvalue weighted by molar-refractivity contribution is 5.97. The number of urea groups is 1. The first-order valence-electron chi connectivity index (χ1n) is 8.66. The molecular formula is C18H24N4O. The van der Waals surface area contributed by atoms with Crippen LogP contribution < -0.4 is 10.7 Å². The molecule has 0 saturated heterocycles. The Kier molecular flexibility index (Phi) is 3.58. The second-order valence-electron chi connectivity index (χ2n) is 7.68. The van der Waals surface area contributed by atoms with Gasteiger partial charge in [0.1, 0.15) is 0 Å². The molecule has 0 unspecified atom stereocenters. The van der Waals surface area contributed by atoms with Crippen molar-refractivity contribution in [3.8, 4) is 0 Å². The lowest BCUT2D eigenvalue weighted by Gasteiger charge is -2.56. The Bertz CT molecular complexity index is 590. The second-order valence-corrected chi connectivity index (χ2v) is 7.68. The average Bonchev–Trinajstić information content (AvgIpc) is 2.51. The van der Waals surface area contributed by atoms with Gasteiger partial charge in [-0.15, -0.1) is 0 Å². The van der Waals surface area contributed by atoms with Crippen LogP contribution in [0.5, 0.6) is 0 Å². The summed E-state index contributed by atoms with van der Waals surface area (Å²) in [5.41, 5.74) is 4.17. The molecule has 1 aromatic heterocycles. The van der Waals surface area contributed by atoms with Crippen LogP contribution in [0.1, 0.15) is 51.1 Å². The molecule has 4 saturated carbocycles. The molecule has 5 heteroatoms. The van der Waals surface area contributed by atoms with E-state index in [9.17, 15) is 4.79 Å². The van der Waals surface area contributed by atoms with Gasteiger partial charge in [0.05, 0.1) is 11.4 Å². The van der Waals surface area contributed by atoms with Gasteiger partial charge >= 0.3 is 6.03 Å². The molecule has 4 aliphatic carbocycles. The van der Waals surface area contributed by atoms with Gasteiger partial charge in [-0.2, -0.15) is 5.10 Å². The Morgan fingerprint density at radius 3 is 2.39 bits per heavy atom. The molecule has 0 radical (unpaired) electrons. The van der Waals surface area contributed by atoms with Crippen LogP contribution in [0.2, 0.25) is 0 Å². The predicted octanol–water partition coefficient (Wildman–Crippen LogP) is 3.07. The highest BCUT2D eigenvalue weighted by atomic mass is 16.2. The van der Waals surface area contributed by atoms with Crippen molar-refractivity contribution in [2.24, 2.45) is 22.9 Å². The van der Waals surface area contributed by atoms with Crippen LogP contribution in [0.3, 0.4) is 0 Å². The summed E-state index contributed by atoms with van der Waals surface area (Å²) in [4.78, 5) is 16.5. The third-order valence-corrected chi connectivity index (χ3v) is 5.78. The van der Waals surface area contributed by atoms with E-state index in [2.05, 4.69) is 20.8 Å². The van der Waals surface area contributed by atoms with Crippen molar-refractivity contribution in [2.75, 3.05) is 0 Å². The summed E-state index contributed by atoms with van der Waals surface area (Å²) in [6.45, 7) is 1.85. The zero-order valence-electron chi connectivity index (χ0n) is 13.6. The minimum atomic E-state index is -0.178. The summed E-state index contributed by atoms with van der Waals surface area (Å²) in [5.74, 6) is 2.46. The number of nitrogens with one attached hydrogen (secondary N) is 2.